The molecule has 1 aliphatic heterocycles. The maximum atomic E-state index is 2.18. The van der Waals surface area contributed by atoms with Crippen LogP contribution in [0.4, 0.5) is 5.69 Å². The van der Waals surface area contributed by atoms with Crippen molar-refractivity contribution in [3.8, 4) is 0 Å². The fraction of sp³-hybridized carbons (Fsp3) is 0.227. The highest BCUT2D eigenvalue weighted by atomic mass is 15.0. The summed E-state index contributed by atoms with van der Waals surface area (Å²) >= 11 is 0. The van der Waals surface area contributed by atoms with E-state index in [4.69, 9.17) is 0 Å². The summed E-state index contributed by atoms with van der Waals surface area (Å²) < 4.78 is 2.18. The largest absolute Gasteiger partial charge is 0.312 e. The van der Waals surface area contributed by atoms with Crippen molar-refractivity contribution < 1.29 is 4.58 Å². The minimum atomic E-state index is 1.31. The third kappa shape index (κ3) is 4.77. The number of aryl methyl sites for hydroxylation is 1. The van der Waals surface area contributed by atoms with E-state index in [0.717, 1.165) is 0 Å². The molecule has 1 aliphatic rings. The fourth-order valence-electron chi connectivity index (χ4n) is 2.56. The van der Waals surface area contributed by atoms with Crippen LogP contribution in [-0.4, -0.2) is 43.9 Å². The second kappa shape index (κ2) is 8.42. The maximum absolute atomic E-state index is 2.18. The van der Waals surface area contributed by atoms with Gasteiger partial charge in [0.2, 0.25) is 5.69 Å². The van der Waals surface area contributed by atoms with Crippen molar-refractivity contribution in [3.05, 3.63) is 77.9 Å². The summed E-state index contributed by atoms with van der Waals surface area (Å²) in [6.45, 7) is 2.08. The smallest absolute Gasteiger partial charge is 0.213 e. The lowest BCUT2D eigenvalue weighted by Gasteiger charge is -1.95. The number of benzene rings is 3. The molecular formula is C22H27N2+. The first kappa shape index (κ1) is 17.9. The summed E-state index contributed by atoms with van der Waals surface area (Å²) in [4.78, 5) is 2.00. The highest BCUT2D eigenvalue weighted by Gasteiger charge is 2.19. The van der Waals surface area contributed by atoms with Gasteiger partial charge in [0.1, 0.15) is 7.05 Å². The number of rotatable bonds is 0. The Balaban J connectivity index is 0.000000160. The average Bonchev–Trinajstić information content (AvgIpc) is 2.87. The first-order valence-corrected chi connectivity index (χ1v) is 8.21. The molecule has 24 heavy (non-hydrogen) atoms. The molecule has 0 unspecified atom stereocenters. The van der Waals surface area contributed by atoms with Crippen molar-refractivity contribution >= 4 is 22.7 Å². The molecule has 0 amide bonds. The van der Waals surface area contributed by atoms with Crippen LogP contribution in [0.15, 0.2) is 66.7 Å². The SMILES string of the molecule is CN(C)C.C[N+]1=Cc2cccc3cccc1c23.Cc1ccccc1. The molecule has 0 fully saturated rings. The van der Waals surface area contributed by atoms with Crippen LogP contribution in [-0.2, 0) is 0 Å². The Hall–Kier alpha value is -2.45. The number of hydrogen-bond donors (Lipinski definition) is 0. The van der Waals surface area contributed by atoms with Gasteiger partial charge in [0.15, 0.2) is 6.21 Å². The van der Waals surface area contributed by atoms with Crippen molar-refractivity contribution in [2.45, 2.75) is 6.92 Å². The molecule has 124 valence electrons. The van der Waals surface area contributed by atoms with Gasteiger partial charge in [0.05, 0.1) is 10.9 Å². The van der Waals surface area contributed by atoms with Gasteiger partial charge in [-0.2, -0.15) is 0 Å². The van der Waals surface area contributed by atoms with Gasteiger partial charge in [-0.15, -0.1) is 0 Å². The first-order chi connectivity index (χ1) is 11.5. The topological polar surface area (TPSA) is 6.25 Å². The summed E-state index contributed by atoms with van der Waals surface area (Å²) in [5.74, 6) is 0. The maximum Gasteiger partial charge on any atom is 0.213 e. The van der Waals surface area contributed by atoms with Crippen LogP contribution >= 0.6 is 0 Å². The molecule has 3 aromatic rings. The van der Waals surface area contributed by atoms with Gasteiger partial charge >= 0.3 is 0 Å². The van der Waals surface area contributed by atoms with Crippen LogP contribution in [0.5, 0.6) is 0 Å². The third-order valence-electron chi connectivity index (χ3n) is 3.57. The molecule has 0 radical (unpaired) electrons. The summed E-state index contributed by atoms with van der Waals surface area (Å²) in [5, 5.41) is 2.71. The quantitative estimate of drug-likeness (QED) is 0.543. The van der Waals surface area contributed by atoms with Crippen molar-refractivity contribution in [1.29, 1.82) is 0 Å². The monoisotopic (exact) mass is 319 g/mol. The fourth-order valence-corrected chi connectivity index (χ4v) is 2.56. The second-order valence-corrected chi connectivity index (χ2v) is 6.46. The van der Waals surface area contributed by atoms with E-state index < -0.39 is 0 Å². The van der Waals surface area contributed by atoms with E-state index in [2.05, 4.69) is 73.3 Å². The zero-order valence-corrected chi connectivity index (χ0v) is 15.3. The van der Waals surface area contributed by atoms with Crippen molar-refractivity contribution in [2.24, 2.45) is 0 Å². The molecule has 4 rings (SSSR count). The van der Waals surface area contributed by atoms with Gasteiger partial charge < -0.3 is 4.90 Å². The van der Waals surface area contributed by atoms with Crippen LogP contribution in [0.2, 0.25) is 0 Å². The Labute approximate surface area is 145 Å². The zero-order valence-electron chi connectivity index (χ0n) is 15.3. The normalized spacial score (nSPS) is 11.3. The van der Waals surface area contributed by atoms with E-state index in [0.29, 0.717) is 0 Å². The number of nitrogens with zero attached hydrogens (tertiary/aromatic N) is 2. The average molecular weight is 319 g/mol. The molecule has 2 heteroatoms. The highest BCUT2D eigenvalue weighted by Crippen LogP contribution is 2.31. The van der Waals surface area contributed by atoms with Crippen LogP contribution in [0.1, 0.15) is 11.1 Å². The molecule has 3 aromatic carbocycles. The lowest BCUT2D eigenvalue weighted by Crippen LogP contribution is -1.99. The van der Waals surface area contributed by atoms with Gasteiger partial charge in [-0.25, -0.2) is 4.58 Å². The summed E-state index contributed by atoms with van der Waals surface area (Å²) in [6.07, 6.45) is 2.18. The summed E-state index contributed by atoms with van der Waals surface area (Å²) in [7, 11) is 8.09. The standard InChI is InChI=1S/C12H10N.C7H8.C3H9N/c1-13-8-10-6-2-4-9-5-3-7-11(13)12(9)10;1-7-5-3-2-4-6-7;1-4(2)3/h2-8H,1H3;2-6H,1H3;1-3H3/q+1;;. The van der Waals surface area contributed by atoms with Crippen molar-refractivity contribution in [2.75, 3.05) is 28.2 Å². The Morgan fingerprint density at radius 2 is 1.33 bits per heavy atom. The van der Waals surface area contributed by atoms with Crippen LogP contribution in [0.3, 0.4) is 0 Å². The van der Waals surface area contributed by atoms with Crippen molar-refractivity contribution in [1.82, 2.24) is 4.90 Å². The molecule has 0 saturated heterocycles. The van der Waals surface area contributed by atoms with Crippen molar-refractivity contribution in [3.63, 3.8) is 0 Å². The lowest BCUT2D eigenvalue weighted by molar-refractivity contribution is -0.394. The molecule has 0 aliphatic carbocycles. The molecule has 2 nitrogen and oxygen atoms in total. The molecule has 0 atom stereocenters. The summed E-state index contributed by atoms with van der Waals surface area (Å²) in [6, 6.07) is 23.1. The third-order valence-corrected chi connectivity index (χ3v) is 3.57. The zero-order chi connectivity index (χ0) is 17.5. The van der Waals surface area contributed by atoms with Gasteiger partial charge in [-0.3, -0.25) is 0 Å². The van der Waals surface area contributed by atoms with E-state index >= 15 is 0 Å². The van der Waals surface area contributed by atoms with Crippen LogP contribution in [0.25, 0.3) is 10.8 Å². The number of hydrogen-bond acceptors (Lipinski definition) is 1. The van der Waals surface area contributed by atoms with Gasteiger partial charge in [-0.05, 0) is 39.5 Å². The van der Waals surface area contributed by atoms with Crippen LogP contribution < -0.4 is 0 Å². The molecule has 0 spiro atoms. The van der Waals surface area contributed by atoms with E-state index in [1.807, 2.05) is 44.2 Å². The molecular weight excluding hydrogens is 292 g/mol. The Morgan fingerprint density at radius 3 is 1.88 bits per heavy atom. The molecule has 0 bridgehead atoms. The lowest BCUT2D eigenvalue weighted by atomic mass is 10.1. The molecule has 0 saturated carbocycles. The Kier molecular flexibility index (Phi) is 6.28. The molecule has 0 N–H and O–H groups in total. The Morgan fingerprint density at radius 1 is 0.750 bits per heavy atom. The first-order valence-electron chi connectivity index (χ1n) is 8.21. The van der Waals surface area contributed by atoms with E-state index in [1.165, 1.54) is 27.6 Å². The minimum Gasteiger partial charge on any atom is -0.312 e. The molecule has 1 heterocycles. The molecule has 0 aromatic heterocycles. The van der Waals surface area contributed by atoms with Gasteiger partial charge in [0.25, 0.3) is 0 Å². The minimum absolute atomic E-state index is 1.31. The summed E-state index contributed by atoms with van der Waals surface area (Å²) in [5.41, 5.74) is 3.96. The predicted octanol–water partition coefficient (Wildman–Crippen LogP) is 4.72. The van der Waals surface area contributed by atoms with Gasteiger partial charge in [-0.1, -0.05) is 60.2 Å². The van der Waals surface area contributed by atoms with Crippen LogP contribution in [0, 0.1) is 6.92 Å². The van der Waals surface area contributed by atoms with E-state index in [1.54, 1.807) is 0 Å². The van der Waals surface area contributed by atoms with E-state index in [9.17, 15) is 0 Å². The Bertz CT molecular complexity index is 810. The van der Waals surface area contributed by atoms with Gasteiger partial charge in [0, 0.05) is 6.07 Å². The van der Waals surface area contributed by atoms with E-state index in [-0.39, 0.29) is 0 Å². The highest BCUT2D eigenvalue weighted by molar-refractivity contribution is 6.06. The predicted molar refractivity (Wildman–Crippen MR) is 106 cm³/mol. The second-order valence-electron chi connectivity index (χ2n) is 6.46.